The highest BCUT2D eigenvalue weighted by molar-refractivity contribution is 7.90. The van der Waals surface area contributed by atoms with E-state index in [4.69, 9.17) is 0 Å². The molecule has 1 aliphatic heterocycles. The summed E-state index contributed by atoms with van der Waals surface area (Å²) in [5, 5.41) is -0.118. The highest BCUT2D eigenvalue weighted by Gasteiger charge is 2.35. The van der Waals surface area contributed by atoms with Crippen molar-refractivity contribution in [3.8, 4) is 0 Å². The first-order valence-electron chi connectivity index (χ1n) is 6.13. The molecule has 1 aromatic rings. The van der Waals surface area contributed by atoms with Gasteiger partial charge in [-0.3, -0.25) is 0 Å². The summed E-state index contributed by atoms with van der Waals surface area (Å²) in [4.78, 5) is 4.28. The lowest BCUT2D eigenvalue weighted by Crippen LogP contribution is -2.34. The van der Waals surface area contributed by atoms with Crippen molar-refractivity contribution in [3.63, 3.8) is 0 Å². The maximum absolute atomic E-state index is 11.7. The van der Waals surface area contributed by atoms with Gasteiger partial charge in [0.25, 0.3) is 0 Å². The second-order valence-corrected chi connectivity index (χ2v) is 7.03. The standard InChI is InChI=1S/C11H17N3O2S/c15-17(16,10-1-2-10)13-8-9-3-5-14-6-4-12-11(14)7-9/h4,6,9-10,13H,1-3,5,7-8H2/t9-/m0/s1. The second-order valence-electron chi connectivity index (χ2n) is 4.99. The van der Waals surface area contributed by atoms with Crippen molar-refractivity contribution in [2.24, 2.45) is 5.92 Å². The van der Waals surface area contributed by atoms with Crippen LogP contribution in [0.3, 0.4) is 0 Å². The first-order valence-corrected chi connectivity index (χ1v) is 7.68. The smallest absolute Gasteiger partial charge is 0.214 e. The molecule has 1 aromatic heterocycles. The number of aromatic nitrogens is 2. The molecule has 1 fully saturated rings. The van der Waals surface area contributed by atoms with Crippen LogP contribution in [0.2, 0.25) is 0 Å². The molecule has 0 unspecified atom stereocenters. The molecule has 94 valence electrons. The summed E-state index contributed by atoms with van der Waals surface area (Å²) in [5.41, 5.74) is 0. The molecule has 2 heterocycles. The fourth-order valence-corrected chi connectivity index (χ4v) is 3.78. The van der Waals surface area contributed by atoms with Crippen LogP contribution in [-0.2, 0) is 23.0 Å². The molecule has 0 bridgehead atoms. The van der Waals surface area contributed by atoms with Crippen molar-refractivity contribution in [1.29, 1.82) is 0 Å². The summed E-state index contributed by atoms with van der Waals surface area (Å²) >= 11 is 0. The van der Waals surface area contributed by atoms with E-state index in [9.17, 15) is 8.42 Å². The Labute approximate surface area is 101 Å². The zero-order valence-corrected chi connectivity index (χ0v) is 10.5. The van der Waals surface area contributed by atoms with E-state index in [1.165, 1.54) is 0 Å². The Morgan fingerprint density at radius 1 is 1.41 bits per heavy atom. The van der Waals surface area contributed by atoms with Crippen LogP contribution < -0.4 is 4.72 Å². The number of sulfonamides is 1. The fourth-order valence-electron chi connectivity index (χ4n) is 2.32. The molecule has 3 rings (SSSR count). The van der Waals surface area contributed by atoms with Crippen LogP contribution >= 0.6 is 0 Å². The van der Waals surface area contributed by atoms with Crippen LogP contribution in [0.15, 0.2) is 12.4 Å². The van der Waals surface area contributed by atoms with Gasteiger partial charge in [0.1, 0.15) is 5.82 Å². The van der Waals surface area contributed by atoms with E-state index in [0.717, 1.165) is 38.1 Å². The quantitative estimate of drug-likeness (QED) is 0.853. The number of hydrogen-bond acceptors (Lipinski definition) is 3. The molecule has 0 aromatic carbocycles. The average molecular weight is 255 g/mol. The van der Waals surface area contributed by atoms with Gasteiger partial charge in [0.15, 0.2) is 0 Å². The Morgan fingerprint density at radius 2 is 2.24 bits per heavy atom. The van der Waals surface area contributed by atoms with E-state index in [1.54, 1.807) is 0 Å². The van der Waals surface area contributed by atoms with Crippen molar-refractivity contribution in [2.45, 2.75) is 37.5 Å². The number of nitrogens with zero attached hydrogens (tertiary/aromatic N) is 2. The molecular weight excluding hydrogens is 238 g/mol. The molecule has 5 nitrogen and oxygen atoms in total. The van der Waals surface area contributed by atoms with Gasteiger partial charge in [-0.1, -0.05) is 0 Å². The first kappa shape index (κ1) is 11.2. The molecule has 0 radical (unpaired) electrons. The van der Waals surface area contributed by atoms with Crippen LogP contribution in [0.1, 0.15) is 25.1 Å². The van der Waals surface area contributed by atoms with E-state index in [0.29, 0.717) is 12.5 Å². The van der Waals surface area contributed by atoms with Gasteiger partial charge in [0, 0.05) is 31.9 Å². The third kappa shape index (κ3) is 2.37. The van der Waals surface area contributed by atoms with Gasteiger partial charge in [0.05, 0.1) is 5.25 Å². The fraction of sp³-hybridized carbons (Fsp3) is 0.727. The van der Waals surface area contributed by atoms with Crippen molar-refractivity contribution in [2.75, 3.05) is 6.54 Å². The minimum absolute atomic E-state index is 0.118. The number of nitrogens with one attached hydrogen (secondary N) is 1. The molecule has 1 saturated carbocycles. The van der Waals surface area contributed by atoms with Crippen molar-refractivity contribution < 1.29 is 8.42 Å². The van der Waals surface area contributed by atoms with Gasteiger partial charge >= 0.3 is 0 Å². The number of fused-ring (bicyclic) bond motifs is 1. The summed E-state index contributed by atoms with van der Waals surface area (Å²) < 4.78 is 28.3. The Hall–Kier alpha value is -0.880. The Kier molecular flexibility index (Phi) is 2.71. The van der Waals surface area contributed by atoms with Gasteiger partial charge in [-0.15, -0.1) is 0 Å². The Balaban J connectivity index is 1.57. The summed E-state index contributed by atoms with van der Waals surface area (Å²) in [5.74, 6) is 1.46. The van der Waals surface area contributed by atoms with Crippen LogP contribution in [-0.4, -0.2) is 29.8 Å². The Morgan fingerprint density at radius 3 is 3.00 bits per heavy atom. The van der Waals surface area contributed by atoms with Gasteiger partial charge in [-0.2, -0.15) is 0 Å². The summed E-state index contributed by atoms with van der Waals surface area (Å²) in [6.07, 6.45) is 7.34. The second kappa shape index (κ2) is 4.10. The van der Waals surface area contributed by atoms with Crippen LogP contribution in [0.4, 0.5) is 0 Å². The third-order valence-corrected chi connectivity index (χ3v) is 5.51. The minimum atomic E-state index is -3.03. The van der Waals surface area contributed by atoms with Crippen LogP contribution in [0, 0.1) is 5.92 Å². The zero-order valence-electron chi connectivity index (χ0n) is 9.67. The maximum Gasteiger partial charge on any atom is 0.214 e. The van der Waals surface area contributed by atoms with Crippen LogP contribution in [0.5, 0.6) is 0 Å². The monoisotopic (exact) mass is 255 g/mol. The highest BCUT2D eigenvalue weighted by Crippen LogP contribution is 2.27. The maximum atomic E-state index is 11.7. The molecule has 0 amide bonds. The number of hydrogen-bond donors (Lipinski definition) is 1. The van der Waals surface area contributed by atoms with E-state index in [2.05, 4.69) is 14.3 Å². The van der Waals surface area contributed by atoms with Gasteiger partial charge in [-0.25, -0.2) is 18.1 Å². The largest absolute Gasteiger partial charge is 0.335 e. The van der Waals surface area contributed by atoms with E-state index in [1.807, 2.05) is 12.4 Å². The third-order valence-electron chi connectivity index (χ3n) is 3.59. The van der Waals surface area contributed by atoms with E-state index < -0.39 is 10.0 Å². The van der Waals surface area contributed by atoms with Gasteiger partial charge < -0.3 is 4.57 Å². The lowest BCUT2D eigenvalue weighted by Gasteiger charge is -2.23. The molecule has 1 N–H and O–H groups in total. The zero-order chi connectivity index (χ0) is 11.9. The topological polar surface area (TPSA) is 64.0 Å². The van der Waals surface area contributed by atoms with Crippen LogP contribution in [0.25, 0.3) is 0 Å². The number of imidazole rings is 1. The summed E-state index contributed by atoms with van der Waals surface area (Å²) in [7, 11) is -3.03. The van der Waals surface area contributed by atoms with E-state index in [-0.39, 0.29) is 5.25 Å². The number of rotatable bonds is 4. The molecule has 1 atom stereocenters. The predicted octanol–water partition coefficient (Wildman–Crippen LogP) is 0.527. The molecule has 2 aliphatic rings. The van der Waals surface area contributed by atoms with Crippen molar-refractivity contribution in [3.05, 3.63) is 18.2 Å². The van der Waals surface area contributed by atoms with E-state index >= 15 is 0 Å². The number of aryl methyl sites for hydroxylation is 1. The lowest BCUT2D eigenvalue weighted by molar-refractivity contribution is 0.379. The van der Waals surface area contributed by atoms with Gasteiger partial charge in [0.2, 0.25) is 10.0 Å². The first-order chi connectivity index (χ1) is 8.15. The van der Waals surface area contributed by atoms with Crippen molar-refractivity contribution in [1.82, 2.24) is 14.3 Å². The van der Waals surface area contributed by atoms with Gasteiger partial charge in [-0.05, 0) is 25.2 Å². The SMILES string of the molecule is O=S(=O)(NC[C@H]1CCn2ccnc2C1)C1CC1. The molecule has 0 saturated heterocycles. The Bertz CT molecular complexity index is 505. The molecule has 0 spiro atoms. The lowest BCUT2D eigenvalue weighted by atomic mass is 9.98. The minimum Gasteiger partial charge on any atom is -0.335 e. The molecule has 6 heteroatoms. The normalized spacial score (nSPS) is 24.6. The van der Waals surface area contributed by atoms with Crippen molar-refractivity contribution >= 4 is 10.0 Å². The predicted molar refractivity (Wildman–Crippen MR) is 64.0 cm³/mol. The molecule has 17 heavy (non-hydrogen) atoms. The summed E-state index contributed by atoms with van der Waals surface area (Å²) in [6, 6.07) is 0. The summed E-state index contributed by atoms with van der Waals surface area (Å²) in [6.45, 7) is 1.51. The molecule has 1 aliphatic carbocycles. The highest BCUT2D eigenvalue weighted by atomic mass is 32.2. The molecular formula is C11H17N3O2S. The average Bonchev–Trinajstić information content (AvgIpc) is 3.07.